The summed E-state index contributed by atoms with van der Waals surface area (Å²) >= 11 is 0. The summed E-state index contributed by atoms with van der Waals surface area (Å²) in [5.74, 6) is 1.31. The first-order valence-electron chi connectivity index (χ1n) is 6.94. The van der Waals surface area contributed by atoms with Gasteiger partial charge in [0.25, 0.3) is 0 Å². The van der Waals surface area contributed by atoms with Crippen molar-refractivity contribution in [1.82, 2.24) is 15.5 Å². The van der Waals surface area contributed by atoms with Gasteiger partial charge in [-0.15, -0.1) is 0 Å². The van der Waals surface area contributed by atoms with E-state index in [-0.39, 0.29) is 5.91 Å². The lowest BCUT2D eigenvalue weighted by atomic mass is 10.2. The van der Waals surface area contributed by atoms with Gasteiger partial charge in [0.2, 0.25) is 17.6 Å². The van der Waals surface area contributed by atoms with Gasteiger partial charge in [-0.2, -0.15) is 4.98 Å². The largest absolute Gasteiger partial charge is 0.356 e. The Morgan fingerprint density at radius 2 is 2.10 bits per heavy atom. The van der Waals surface area contributed by atoms with Crippen LogP contribution in [0.5, 0.6) is 0 Å². The average Bonchev–Trinajstić information content (AvgIpc) is 2.94. The molecule has 0 bridgehead atoms. The van der Waals surface area contributed by atoms with Gasteiger partial charge in [-0.1, -0.05) is 42.4 Å². The van der Waals surface area contributed by atoms with E-state index in [0.29, 0.717) is 31.1 Å². The highest BCUT2D eigenvalue weighted by molar-refractivity contribution is 5.75. The maximum Gasteiger partial charge on any atom is 0.227 e. The molecule has 0 atom stereocenters. The fourth-order valence-corrected chi connectivity index (χ4v) is 1.84. The fourth-order valence-electron chi connectivity index (χ4n) is 1.84. The topological polar surface area (TPSA) is 68.0 Å². The molecule has 106 valence electrons. The molecular formula is C15H19N3O2. The van der Waals surface area contributed by atoms with Crippen molar-refractivity contribution in [3.8, 4) is 11.4 Å². The van der Waals surface area contributed by atoms with Crippen molar-refractivity contribution in [2.24, 2.45) is 0 Å². The Morgan fingerprint density at radius 1 is 1.30 bits per heavy atom. The Balaban J connectivity index is 1.78. The number of carbonyl (C=O) groups excluding carboxylic acids is 1. The second-order valence-electron chi connectivity index (χ2n) is 4.58. The lowest BCUT2D eigenvalue weighted by Crippen LogP contribution is -2.24. The monoisotopic (exact) mass is 273 g/mol. The van der Waals surface area contributed by atoms with Crippen molar-refractivity contribution in [2.45, 2.75) is 32.6 Å². The number of aromatic nitrogens is 2. The first-order chi connectivity index (χ1) is 9.79. The number of nitrogens with zero attached hydrogens (tertiary/aromatic N) is 2. The molecule has 0 spiro atoms. The van der Waals surface area contributed by atoms with Crippen molar-refractivity contribution < 1.29 is 9.32 Å². The van der Waals surface area contributed by atoms with Gasteiger partial charge in [0.1, 0.15) is 0 Å². The summed E-state index contributed by atoms with van der Waals surface area (Å²) in [6.07, 6.45) is 2.92. The molecule has 20 heavy (non-hydrogen) atoms. The SMILES string of the molecule is CCCC(=O)NCCCc1nc(-c2ccccc2)no1. The zero-order chi connectivity index (χ0) is 14.2. The molecule has 0 saturated carbocycles. The molecule has 2 rings (SSSR count). The quantitative estimate of drug-likeness (QED) is 0.787. The molecule has 0 unspecified atom stereocenters. The lowest BCUT2D eigenvalue weighted by molar-refractivity contribution is -0.121. The van der Waals surface area contributed by atoms with Gasteiger partial charge in [-0.3, -0.25) is 4.79 Å². The van der Waals surface area contributed by atoms with Crippen LogP contribution in [-0.2, 0) is 11.2 Å². The van der Waals surface area contributed by atoms with E-state index in [1.165, 1.54) is 0 Å². The molecule has 1 amide bonds. The minimum Gasteiger partial charge on any atom is -0.356 e. The number of amides is 1. The second-order valence-corrected chi connectivity index (χ2v) is 4.58. The predicted octanol–water partition coefficient (Wildman–Crippen LogP) is 2.59. The highest BCUT2D eigenvalue weighted by atomic mass is 16.5. The maximum absolute atomic E-state index is 11.3. The molecule has 1 aromatic carbocycles. The Morgan fingerprint density at radius 3 is 2.85 bits per heavy atom. The highest BCUT2D eigenvalue weighted by Crippen LogP contribution is 2.15. The molecule has 0 fully saturated rings. The van der Waals surface area contributed by atoms with Crippen LogP contribution in [0.2, 0.25) is 0 Å². The van der Waals surface area contributed by atoms with Crippen LogP contribution in [0.3, 0.4) is 0 Å². The van der Waals surface area contributed by atoms with Crippen LogP contribution in [0, 0.1) is 0 Å². The van der Waals surface area contributed by atoms with Crippen molar-refractivity contribution in [3.63, 3.8) is 0 Å². The zero-order valence-corrected chi connectivity index (χ0v) is 11.6. The van der Waals surface area contributed by atoms with E-state index in [0.717, 1.165) is 18.4 Å². The minimum atomic E-state index is 0.100. The van der Waals surface area contributed by atoms with Crippen molar-refractivity contribution in [1.29, 1.82) is 0 Å². The predicted molar refractivity (Wildman–Crippen MR) is 76.0 cm³/mol. The third-order valence-electron chi connectivity index (χ3n) is 2.87. The number of carbonyl (C=O) groups is 1. The molecular weight excluding hydrogens is 254 g/mol. The van der Waals surface area contributed by atoms with E-state index in [2.05, 4.69) is 15.5 Å². The number of benzene rings is 1. The van der Waals surface area contributed by atoms with E-state index >= 15 is 0 Å². The molecule has 0 aliphatic heterocycles. The summed E-state index contributed by atoms with van der Waals surface area (Å²) in [5, 5.41) is 6.82. The van der Waals surface area contributed by atoms with Crippen molar-refractivity contribution in [3.05, 3.63) is 36.2 Å². The number of hydrogen-bond acceptors (Lipinski definition) is 4. The lowest BCUT2D eigenvalue weighted by Gasteiger charge is -2.01. The first kappa shape index (κ1) is 14.2. The van der Waals surface area contributed by atoms with Crippen LogP contribution >= 0.6 is 0 Å². The van der Waals surface area contributed by atoms with E-state index < -0.39 is 0 Å². The van der Waals surface area contributed by atoms with Gasteiger partial charge in [0, 0.05) is 24.9 Å². The molecule has 1 N–H and O–H groups in total. The molecule has 1 aromatic heterocycles. The van der Waals surface area contributed by atoms with Crippen LogP contribution in [0.4, 0.5) is 0 Å². The summed E-state index contributed by atoms with van der Waals surface area (Å²) in [7, 11) is 0. The van der Waals surface area contributed by atoms with Crippen molar-refractivity contribution in [2.75, 3.05) is 6.54 Å². The highest BCUT2D eigenvalue weighted by Gasteiger charge is 2.07. The summed E-state index contributed by atoms with van der Waals surface area (Å²) in [6.45, 7) is 2.63. The Hall–Kier alpha value is -2.17. The molecule has 1 heterocycles. The van der Waals surface area contributed by atoms with Gasteiger partial charge in [-0.05, 0) is 12.8 Å². The average molecular weight is 273 g/mol. The number of hydrogen-bond donors (Lipinski definition) is 1. The number of rotatable bonds is 7. The molecule has 0 saturated heterocycles. The van der Waals surface area contributed by atoms with Crippen LogP contribution in [0.1, 0.15) is 32.1 Å². The third kappa shape index (κ3) is 4.19. The third-order valence-corrected chi connectivity index (χ3v) is 2.87. The van der Waals surface area contributed by atoms with E-state index in [1.54, 1.807) is 0 Å². The Bertz CT molecular complexity index is 537. The Kier molecular flexibility index (Phi) is 5.29. The smallest absolute Gasteiger partial charge is 0.227 e. The van der Waals surface area contributed by atoms with Crippen LogP contribution in [-0.4, -0.2) is 22.6 Å². The summed E-state index contributed by atoms with van der Waals surface area (Å²) in [6, 6.07) is 9.71. The molecule has 2 aromatic rings. The van der Waals surface area contributed by atoms with Gasteiger partial charge < -0.3 is 9.84 Å². The zero-order valence-electron chi connectivity index (χ0n) is 11.6. The van der Waals surface area contributed by atoms with Crippen molar-refractivity contribution >= 4 is 5.91 Å². The standard InChI is InChI=1S/C15H19N3O2/c1-2-7-13(19)16-11-6-10-14-17-15(18-20-14)12-8-4-3-5-9-12/h3-5,8-9H,2,6-7,10-11H2,1H3,(H,16,19). The molecule has 0 radical (unpaired) electrons. The van der Waals surface area contributed by atoms with Crippen LogP contribution in [0.15, 0.2) is 34.9 Å². The van der Waals surface area contributed by atoms with Gasteiger partial charge in [-0.25, -0.2) is 0 Å². The van der Waals surface area contributed by atoms with Crippen LogP contribution < -0.4 is 5.32 Å². The summed E-state index contributed by atoms with van der Waals surface area (Å²) < 4.78 is 5.20. The number of aryl methyl sites for hydroxylation is 1. The van der Waals surface area contributed by atoms with Crippen LogP contribution in [0.25, 0.3) is 11.4 Å². The molecule has 0 aliphatic carbocycles. The van der Waals surface area contributed by atoms with E-state index in [1.807, 2.05) is 37.3 Å². The summed E-state index contributed by atoms with van der Waals surface area (Å²) in [5.41, 5.74) is 0.943. The van der Waals surface area contributed by atoms with E-state index in [4.69, 9.17) is 4.52 Å². The number of nitrogens with one attached hydrogen (secondary N) is 1. The fraction of sp³-hybridized carbons (Fsp3) is 0.400. The van der Waals surface area contributed by atoms with Gasteiger partial charge >= 0.3 is 0 Å². The van der Waals surface area contributed by atoms with E-state index in [9.17, 15) is 4.79 Å². The molecule has 5 heteroatoms. The molecule has 5 nitrogen and oxygen atoms in total. The van der Waals surface area contributed by atoms with Gasteiger partial charge in [0.15, 0.2) is 0 Å². The maximum atomic E-state index is 11.3. The summed E-state index contributed by atoms with van der Waals surface area (Å²) in [4.78, 5) is 15.6. The normalized spacial score (nSPS) is 10.4. The van der Waals surface area contributed by atoms with Gasteiger partial charge in [0.05, 0.1) is 0 Å². The first-order valence-corrected chi connectivity index (χ1v) is 6.94. The Labute approximate surface area is 118 Å². The molecule has 0 aliphatic rings. The second kappa shape index (κ2) is 7.43. The minimum absolute atomic E-state index is 0.100.